The number of anilines is 1. The van der Waals surface area contributed by atoms with Crippen molar-refractivity contribution < 1.29 is 9.59 Å². The first-order valence-corrected chi connectivity index (χ1v) is 12.1. The van der Waals surface area contributed by atoms with E-state index in [9.17, 15) is 9.59 Å². The summed E-state index contributed by atoms with van der Waals surface area (Å²) in [5, 5.41) is 6.05. The van der Waals surface area contributed by atoms with E-state index in [1.807, 2.05) is 69.3 Å². The van der Waals surface area contributed by atoms with Crippen LogP contribution in [0, 0.1) is 13.8 Å². The third kappa shape index (κ3) is 6.67. The molecule has 7 heteroatoms. The predicted molar refractivity (Wildman–Crippen MR) is 129 cm³/mol. The minimum atomic E-state index is -0.193. The molecule has 0 saturated heterocycles. The van der Waals surface area contributed by atoms with Crippen LogP contribution in [0.3, 0.4) is 0 Å². The van der Waals surface area contributed by atoms with Gasteiger partial charge in [-0.05, 0) is 56.2 Å². The molecule has 0 fully saturated rings. The molecular weight excluding hydrogens is 426 g/mol. The van der Waals surface area contributed by atoms with Gasteiger partial charge in [0.15, 0.2) is 0 Å². The Morgan fingerprint density at radius 1 is 1.10 bits per heavy atom. The lowest BCUT2D eigenvalue weighted by Gasteiger charge is -2.22. The standard InChI is InChI=1S/C24H27N3O2S2/c1-4-13-27(14-23(28)26-22-8-6-5-7-17(22)2)24(29)19-9-11-21(12-10-19)31-16-20-15-30-18(3)25-20/h5-12,15H,4,13-14,16H2,1-3H3,(H,26,28). The van der Waals surface area contributed by atoms with Gasteiger partial charge in [-0.3, -0.25) is 9.59 Å². The SMILES string of the molecule is CCCN(CC(=O)Nc1ccccc1C)C(=O)c1ccc(SCc2csc(C)n2)cc1. The van der Waals surface area contributed by atoms with Gasteiger partial charge in [-0.1, -0.05) is 25.1 Å². The Bertz CT molecular complexity index is 1030. The number of para-hydroxylation sites is 1. The number of thioether (sulfide) groups is 1. The van der Waals surface area contributed by atoms with Crippen LogP contribution in [0.1, 0.15) is 40.0 Å². The maximum atomic E-state index is 13.0. The number of hydrogen-bond donors (Lipinski definition) is 1. The summed E-state index contributed by atoms with van der Waals surface area (Å²) in [4.78, 5) is 32.7. The van der Waals surface area contributed by atoms with Crippen LogP contribution in [0.5, 0.6) is 0 Å². The average molecular weight is 454 g/mol. The molecule has 0 unspecified atom stereocenters. The van der Waals surface area contributed by atoms with Crippen molar-refractivity contribution in [3.05, 3.63) is 75.7 Å². The first kappa shape index (κ1) is 23.0. The summed E-state index contributed by atoms with van der Waals surface area (Å²) < 4.78 is 0. The van der Waals surface area contributed by atoms with Crippen LogP contribution in [0.2, 0.25) is 0 Å². The number of thiazole rings is 1. The molecule has 1 N–H and O–H groups in total. The highest BCUT2D eigenvalue weighted by Gasteiger charge is 2.18. The second-order valence-corrected chi connectivity index (χ2v) is 9.37. The topological polar surface area (TPSA) is 62.3 Å². The molecular formula is C24H27N3O2S2. The number of benzene rings is 2. The van der Waals surface area contributed by atoms with Crippen LogP contribution in [0.25, 0.3) is 0 Å². The van der Waals surface area contributed by atoms with Gasteiger partial charge in [0, 0.05) is 33.8 Å². The van der Waals surface area contributed by atoms with Crippen LogP contribution in [0.4, 0.5) is 5.69 Å². The third-order valence-electron chi connectivity index (χ3n) is 4.69. The first-order valence-electron chi connectivity index (χ1n) is 10.2. The molecule has 162 valence electrons. The van der Waals surface area contributed by atoms with E-state index in [2.05, 4.69) is 15.7 Å². The Hall–Kier alpha value is -2.64. The Labute approximate surface area is 191 Å². The number of nitrogens with one attached hydrogen (secondary N) is 1. The van der Waals surface area contributed by atoms with E-state index >= 15 is 0 Å². The van der Waals surface area contributed by atoms with Gasteiger partial charge in [-0.15, -0.1) is 23.1 Å². The van der Waals surface area contributed by atoms with Crippen molar-refractivity contribution in [1.82, 2.24) is 9.88 Å². The molecule has 1 aromatic heterocycles. The summed E-state index contributed by atoms with van der Waals surface area (Å²) in [7, 11) is 0. The maximum Gasteiger partial charge on any atom is 0.254 e. The van der Waals surface area contributed by atoms with Crippen LogP contribution in [-0.2, 0) is 10.5 Å². The molecule has 0 aliphatic heterocycles. The zero-order valence-electron chi connectivity index (χ0n) is 18.1. The van der Waals surface area contributed by atoms with E-state index in [-0.39, 0.29) is 18.4 Å². The average Bonchev–Trinajstić information content (AvgIpc) is 3.18. The monoisotopic (exact) mass is 453 g/mol. The normalized spacial score (nSPS) is 10.7. The maximum absolute atomic E-state index is 13.0. The van der Waals surface area contributed by atoms with Gasteiger partial charge >= 0.3 is 0 Å². The molecule has 0 bridgehead atoms. The summed E-state index contributed by atoms with van der Waals surface area (Å²) in [5.74, 6) is 0.480. The van der Waals surface area contributed by atoms with Gasteiger partial charge in [0.2, 0.25) is 5.91 Å². The number of nitrogens with zero attached hydrogens (tertiary/aromatic N) is 2. The fourth-order valence-corrected chi connectivity index (χ4v) is 4.62. The Morgan fingerprint density at radius 3 is 2.48 bits per heavy atom. The molecule has 31 heavy (non-hydrogen) atoms. The van der Waals surface area contributed by atoms with E-state index in [1.54, 1.807) is 28.0 Å². The number of carbonyl (C=O) groups excluding carboxylic acids is 2. The van der Waals surface area contributed by atoms with Crippen molar-refractivity contribution in [2.24, 2.45) is 0 Å². The molecule has 2 amide bonds. The highest BCUT2D eigenvalue weighted by molar-refractivity contribution is 7.98. The second kappa shape index (κ2) is 11.1. The predicted octanol–water partition coefficient (Wildman–Crippen LogP) is 5.54. The Kier molecular flexibility index (Phi) is 8.26. The van der Waals surface area contributed by atoms with Crippen molar-refractivity contribution in [1.29, 1.82) is 0 Å². The van der Waals surface area contributed by atoms with E-state index in [4.69, 9.17) is 0 Å². The van der Waals surface area contributed by atoms with Crippen molar-refractivity contribution in [2.45, 2.75) is 37.8 Å². The molecule has 1 heterocycles. The van der Waals surface area contributed by atoms with Crippen molar-refractivity contribution in [2.75, 3.05) is 18.4 Å². The quantitative estimate of drug-likeness (QED) is 0.432. The van der Waals surface area contributed by atoms with Gasteiger partial charge in [-0.25, -0.2) is 4.98 Å². The fraction of sp³-hybridized carbons (Fsp3) is 0.292. The Balaban J connectivity index is 1.60. The zero-order valence-corrected chi connectivity index (χ0v) is 19.7. The first-order chi connectivity index (χ1) is 15.0. The number of rotatable bonds is 9. The van der Waals surface area contributed by atoms with E-state index in [0.717, 1.165) is 39.0 Å². The molecule has 0 aliphatic rings. The van der Waals surface area contributed by atoms with Gasteiger partial charge in [0.25, 0.3) is 5.91 Å². The number of hydrogen-bond acceptors (Lipinski definition) is 5. The summed E-state index contributed by atoms with van der Waals surface area (Å²) in [5.41, 5.74) is 3.42. The molecule has 0 radical (unpaired) electrons. The zero-order chi connectivity index (χ0) is 22.2. The van der Waals surface area contributed by atoms with Crippen LogP contribution >= 0.6 is 23.1 Å². The lowest BCUT2D eigenvalue weighted by Crippen LogP contribution is -2.38. The number of carbonyl (C=O) groups is 2. The number of aromatic nitrogens is 1. The van der Waals surface area contributed by atoms with Crippen molar-refractivity contribution in [3.63, 3.8) is 0 Å². The van der Waals surface area contributed by atoms with E-state index in [0.29, 0.717) is 12.1 Å². The molecule has 0 spiro atoms. The number of aryl methyl sites for hydroxylation is 2. The van der Waals surface area contributed by atoms with Gasteiger partial charge < -0.3 is 10.2 Å². The van der Waals surface area contributed by atoms with Crippen molar-refractivity contribution in [3.8, 4) is 0 Å². The lowest BCUT2D eigenvalue weighted by atomic mass is 10.2. The minimum Gasteiger partial charge on any atom is -0.329 e. The summed E-state index contributed by atoms with van der Waals surface area (Å²) in [6, 6.07) is 15.2. The molecule has 2 aromatic carbocycles. The molecule has 0 aliphatic carbocycles. The van der Waals surface area contributed by atoms with Gasteiger partial charge in [-0.2, -0.15) is 0 Å². The number of amides is 2. The van der Waals surface area contributed by atoms with Crippen LogP contribution in [0.15, 0.2) is 58.8 Å². The smallest absolute Gasteiger partial charge is 0.254 e. The highest BCUT2D eigenvalue weighted by Crippen LogP contribution is 2.24. The Morgan fingerprint density at radius 2 is 1.84 bits per heavy atom. The van der Waals surface area contributed by atoms with E-state index < -0.39 is 0 Å². The summed E-state index contributed by atoms with van der Waals surface area (Å²) in [6.07, 6.45) is 0.782. The van der Waals surface area contributed by atoms with Crippen LogP contribution < -0.4 is 5.32 Å². The molecule has 3 aromatic rings. The molecule has 0 atom stereocenters. The van der Waals surface area contributed by atoms with Crippen LogP contribution in [-0.4, -0.2) is 34.8 Å². The van der Waals surface area contributed by atoms with Gasteiger partial charge in [0.1, 0.15) is 6.54 Å². The van der Waals surface area contributed by atoms with E-state index in [1.165, 1.54) is 0 Å². The summed E-state index contributed by atoms with van der Waals surface area (Å²) in [6.45, 7) is 6.50. The second-order valence-electron chi connectivity index (χ2n) is 7.26. The minimum absolute atomic E-state index is 0.0285. The van der Waals surface area contributed by atoms with Gasteiger partial charge in [0.05, 0.1) is 10.7 Å². The largest absolute Gasteiger partial charge is 0.329 e. The molecule has 3 rings (SSSR count). The fourth-order valence-electron chi connectivity index (χ4n) is 3.11. The lowest BCUT2D eigenvalue weighted by molar-refractivity contribution is -0.116. The highest BCUT2D eigenvalue weighted by atomic mass is 32.2. The molecule has 0 saturated carbocycles. The molecule has 5 nitrogen and oxygen atoms in total. The third-order valence-corrected chi connectivity index (χ3v) is 6.56. The van der Waals surface area contributed by atoms with Crippen molar-refractivity contribution >= 4 is 40.6 Å². The summed E-state index contributed by atoms with van der Waals surface area (Å²) >= 11 is 3.35.